The molecule has 0 radical (unpaired) electrons. The maximum Gasteiger partial charge on any atom is 0.0381 e. The number of anilines is 1. The second-order valence-corrected chi connectivity index (χ2v) is 7.01. The number of benzene rings is 1. The van der Waals surface area contributed by atoms with Crippen LogP contribution >= 0.6 is 0 Å². The lowest BCUT2D eigenvalue weighted by atomic mass is 9.95. The van der Waals surface area contributed by atoms with Crippen molar-refractivity contribution in [2.45, 2.75) is 97.3 Å². The van der Waals surface area contributed by atoms with Gasteiger partial charge in [-0.05, 0) is 29.9 Å². The highest BCUT2D eigenvalue weighted by molar-refractivity contribution is 5.55. The summed E-state index contributed by atoms with van der Waals surface area (Å²) < 4.78 is 0. The second kappa shape index (κ2) is 11.6. The Balaban J connectivity index is 2.11. The van der Waals surface area contributed by atoms with Crippen LogP contribution in [0.25, 0.3) is 0 Å². The highest BCUT2D eigenvalue weighted by atomic mass is 14.6. The molecule has 0 bridgehead atoms. The van der Waals surface area contributed by atoms with E-state index < -0.39 is 0 Å². The molecule has 0 atom stereocenters. The molecule has 126 valence electrons. The van der Waals surface area contributed by atoms with Gasteiger partial charge in [0.25, 0.3) is 0 Å². The molecule has 0 saturated carbocycles. The predicted octanol–water partition coefficient (Wildman–Crippen LogP) is 6.86. The highest BCUT2D eigenvalue weighted by Gasteiger charge is 2.07. The monoisotopic (exact) mass is 303 g/mol. The molecule has 1 rings (SSSR count). The van der Waals surface area contributed by atoms with Crippen LogP contribution in [0.3, 0.4) is 0 Å². The number of rotatable bonds is 12. The lowest BCUT2D eigenvalue weighted by Crippen LogP contribution is -2.01. The van der Waals surface area contributed by atoms with Gasteiger partial charge in [-0.1, -0.05) is 96.8 Å². The summed E-state index contributed by atoms with van der Waals surface area (Å²) in [5, 5.41) is 0. The zero-order valence-corrected chi connectivity index (χ0v) is 15.2. The van der Waals surface area contributed by atoms with Crippen LogP contribution in [0.5, 0.6) is 0 Å². The molecule has 0 aliphatic rings. The molecule has 2 N–H and O–H groups in total. The molecule has 1 nitrogen and oxygen atoms in total. The van der Waals surface area contributed by atoms with E-state index in [-0.39, 0.29) is 0 Å². The van der Waals surface area contributed by atoms with Gasteiger partial charge in [-0.3, -0.25) is 0 Å². The van der Waals surface area contributed by atoms with Gasteiger partial charge >= 0.3 is 0 Å². The molecule has 0 aliphatic carbocycles. The van der Waals surface area contributed by atoms with Crippen molar-refractivity contribution in [1.82, 2.24) is 0 Å². The van der Waals surface area contributed by atoms with Crippen LogP contribution in [-0.4, -0.2) is 0 Å². The third kappa shape index (κ3) is 7.33. The van der Waals surface area contributed by atoms with Gasteiger partial charge in [0.05, 0.1) is 0 Å². The van der Waals surface area contributed by atoms with Crippen LogP contribution in [0, 0.1) is 0 Å². The average molecular weight is 304 g/mol. The quantitative estimate of drug-likeness (QED) is 0.331. The Morgan fingerprint density at radius 1 is 0.818 bits per heavy atom. The van der Waals surface area contributed by atoms with Gasteiger partial charge in [-0.25, -0.2) is 0 Å². The Morgan fingerprint density at radius 3 is 1.91 bits per heavy atom. The Hall–Kier alpha value is -0.980. The summed E-state index contributed by atoms with van der Waals surface area (Å²) in [5.41, 5.74) is 10.0. The molecule has 0 saturated heterocycles. The van der Waals surface area contributed by atoms with Gasteiger partial charge in [-0.2, -0.15) is 0 Å². The van der Waals surface area contributed by atoms with Crippen molar-refractivity contribution in [3.63, 3.8) is 0 Å². The third-order valence-corrected chi connectivity index (χ3v) is 4.65. The largest absolute Gasteiger partial charge is 0.398 e. The SMILES string of the molecule is CCCCCCCCCCCCc1cccc(C(C)C)c1N. The molecule has 0 spiro atoms. The lowest BCUT2D eigenvalue weighted by Gasteiger charge is -2.13. The lowest BCUT2D eigenvalue weighted by molar-refractivity contribution is 0.556. The summed E-state index contributed by atoms with van der Waals surface area (Å²) in [6, 6.07) is 6.54. The van der Waals surface area contributed by atoms with Gasteiger partial charge in [0.2, 0.25) is 0 Å². The molecule has 22 heavy (non-hydrogen) atoms. The summed E-state index contributed by atoms with van der Waals surface area (Å²) in [6.07, 6.45) is 15.1. The average Bonchev–Trinajstić information content (AvgIpc) is 2.50. The summed E-state index contributed by atoms with van der Waals surface area (Å²) in [6.45, 7) is 6.72. The smallest absolute Gasteiger partial charge is 0.0381 e. The Kier molecular flexibility index (Phi) is 10.0. The molecule has 0 amide bonds. The summed E-state index contributed by atoms with van der Waals surface area (Å²) in [7, 11) is 0. The van der Waals surface area contributed by atoms with Crippen molar-refractivity contribution >= 4 is 5.69 Å². The predicted molar refractivity (Wildman–Crippen MR) is 100 cm³/mol. The number of para-hydroxylation sites is 1. The van der Waals surface area contributed by atoms with Gasteiger partial charge in [0.15, 0.2) is 0 Å². The van der Waals surface area contributed by atoms with Crippen molar-refractivity contribution in [3.05, 3.63) is 29.3 Å². The third-order valence-electron chi connectivity index (χ3n) is 4.65. The fourth-order valence-corrected chi connectivity index (χ4v) is 3.16. The van der Waals surface area contributed by atoms with Gasteiger partial charge in [0, 0.05) is 5.69 Å². The van der Waals surface area contributed by atoms with E-state index in [1.165, 1.54) is 75.3 Å². The number of nitrogens with two attached hydrogens (primary N) is 1. The minimum absolute atomic E-state index is 0.521. The standard InChI is InChI=1S/C21H37N/c1-4-5-6-7-8-9-10-11-12-13-15-19-16-14-17-20(18(2)3)21(19)22/h14,16-18H,4-13,15,22H2,1-3H3. The topological polar surface area (TPSA) is 26.0 Å². The maximum absolute atomic E-state index is 6.30. The molecule has 1 heteroatoms. The fraction of sp³-hybridized carbons (Fsp3) is 0.714. The van der Waals surface area contributed by atoms with Gasteiger partial charge < -0.3 is 5.73 Å². The minimum Gasteiger partial charge on any atom is -0.398 e. The maximum atomic E-state index is 6.30. The number of hydrogen-bond acceptors (Lipinski definition) is 1. The van der Waals surface area contributed by atoms with Crippen LogP contribution in [0.15, 0.2) is 18.2 Å². The van der Waals surface area contributed by atoms with Crippen molar-refractivity contribution < 1.29 is 0 Å². The van der Waals surface area contributed by atoms with Crippen LogP contribution in [0.1, 0.15) is 102 Å². The van der Waals surface area contributed by atoms with Crippen molar-refractivity contribution in [2.75, 3.05) is 5.73 Å². The van der Waals surface area contributed by atoms with Crippen LogP contribution < -0.4 is 5.73 Å². The Labute approximate surface area is 138 Å². The van der Waals surface area contributed by atoms with Crippen LogP contribution in [-0.2, 0) is 6.42 Å². The molecule has 0 aromatic heterocycles. The molecular weight excluding hydrogens is 266 g/mol. The van der Waals surface area contributed by atoms with Crippen LogP contribution in [0.2, 0.25) is 0 Å². The molecule has 0 heterocycles. The number of unbranched alkanes of at least 4 members (excludes halogenated alkanes) is 9. The number of nitrogen functional groups attached to an aromatic ring is 1. The fourth-order valence-electron chi connectivity index (χ4n) is 3.16. The van der Waals surface area contributed by atoms with Crippen molar-refractivity contribution in [1.29, 1.82) is 0 Å². The molecule has 1 aromatic carbocycles. The van der Waals surface area contributed by atoms with E-state index >= 15 is 0 Å². The Bertz CT molecular complexity index is 395. The summed E-state index contributed by atoms with van der Waals surface area (Å²) in [5.74, 6) is 0.521. The highest BCUT2D eigenvalue weighted by Crippen LogP contribution is 2.26. The van der Waals surface area contributed by atoms with Crippen LogP contribution in [0.4, 0.5) is 5.69 Å². The summed E-state index contributed by atoms with van der Waals surface area (Å²) >= 11 is 0. The molecule has 0 unspecified atom stereocenters. The van der Waals surface area contributed by atoms with E-state index in [0.29, 0.717) is 5.92 Å². The Morgan fingerprint density at radius 2 is 1.36 bits per heavy atom. The zero-order valence-electron chi connectivity index (χ0n) is 15.2. The first-order chi connectivity index (χ1) is 10.7. The first-order valence-corrected chi connectivity index (χ1v) is 9.54. The van der Waals surface area contributed by atoms with Crippen molar-refractivity contribution in [2.24, 2.45) is 0 Å². The number of aryl methyl sites for hydroxylation is 1. The van der Waals surface area contributed by atoms with Crippen molar-refractivity contribution in [3.8, 4) is 0 Å². The minimum atomic E-state index is 0.521. The van der Waals surface area contributed by atoms with E-state index in [9.17, 15) is 0 Å². The van der Waals surface area contributed by atoms with Gasteiger partial charge in [-0.15, -0.1) is 0 Å². The molecule has 0 aliphatic heterocycles. The van der Waals surface area contributed by atoms with Gasteiger partial charge in [0.1, 0.15) is 0 Å². The first-order valence-electron chi connectivity index (χ1n) is 9.54. The normalized spacial score (nSPS) is 11.3. The van der Waals surface area contributed by atoms with E-state index in [1.807, 2.05) is 0 Å². The van der Waals surface area contributed by atoms with E-state index in [4.69, 9.17) is 5.73 Å². The zero-order chi connectivity index (χ0) is 16.2. The molecular formula is C21H37N. The molecule has 1 aromatic rings. The van der Waals surface area contributed by atoms with E-state index in [0.717, 1.165) is 12.1 Å². The molecule has 0 fully saturated rings. The first kappa shape index (κ1) is 19.1. The summed E-state index contributed by atoms with van der Waals surface area (Å²) in [4.78, 5) is 0. The van der Waals surface area contributed by atoms with E-state index in [1.54, 1.807) is 0 Å². The second-order valence-electron chi connectivity index (χ2n) is 7.01. The number of hydrogen-bond donors (Lipinski definition) is 1. The van der Waals surface area contributed by atoms with E-state index in [2.05, 4.69) is 39.0 Å².